The molecular formula is C20H23N4O4S+. The van der Waals surface area contributed by atoms with Crippen molar-refractivity contribution in [3.63, 3.8) is 0 Å². The number of benzene rings is 1. The maximum Gasteiger partial charge on any atom is 0.283 e. The third-order valence-corrected chi connectivity index (χ3v) is 7.63. The Labute approximate surface area is 169 Å². The number of hydrogen-bond donors (Lipinski definition) is 1. The highest BCUT2D eigenvalue weighted by Crippen LogP contribution is 2.26. The lowest BCUT2D eigenvalue weighted by Crippen LogP contribution is -3.13. The molecule has 152 valence electrons. The lowest BCUT2D eigenvalue weighted by molar-refractivity contribution is -0.918. The van der Waals surface area contributed by atoms with Gasteiger partial charge in [0.25, 0.3) is 11.8 Å². The average molecular weight is 415 g/mol. The molecule has 0 radical (unpaired) electrons. The second-order valence-corrected chi connectivity index (χ2v) is 9.53. The number of fused-ring (bicyclic) bond motifs is 1. The Kier molecular flexibility index (Phi) is 4.73. The smallest absolute Gasteiger partial charge is 0.283 e. The van der Waals surface area contributed by atoms with Crippen LogP contribution in [0.2, 0.25) is 0 Å². The summed E-state index contributed by atoms with van der Waals surface area (Å²) in [4.78, 5) is 1.64. The molecule has 2 aliphatic rings. The van der Waals surface area contributed by atoms with Crippen molar-refractivity contribution in [3.05, 3.63) is 53.6 Å². The van der Waals surface area contributed by atoms with E-state index in [9.17, 15) is 8.42 Å². The Morgan fingerprint density at radius 1 is 1.07 bits per heavy atom. The number of quaternary nitrogens is 1. The Hall–Kier alpha value is -2.49. The molecule has 0 atom stereocenters. The topological polar surface area (TPSA) is 93.9 Å². The number of sulfonamides is 1. The predicted molar refractivity (Wildman–Crippen MR) is 104 cm³/mol. The number of piperazine rings is 1. The van der Waals surface area contributed by atoms with E-state index >= 15 is 0 Å². The highest BCUT2D eigenvalue weighted by atomic mass is 32.2. The van der Waals surface area contributed by atoms with Crippen LogP contribution in [0.3, 0.4) is 0 Å². The highest BCUT2D eigenvalue weighted by Gasteiger charge is 2.31. The molecule has 2 aromatic heterocycles. The van der Waals surface area contributed by atoms with Gasteiger partial charge in [-0.15, -0.1) is 10.2 Å². The quantitative estimate of drug-likeness (QED) is 0.666. The van der Waals surface area contributed by atoms with Crippen LogP contribution in [0, 0.1) is 0 Å². The molecule has 0 saturated carbocycles. The molecule has 8 nitrogen and oxygen atoms in total. The fraction of sp³-hybridized carbons (Fsp3) is 0.400. The number of rotatable bonds is 5. The largest absolute Gasteiger partial charge is 0.459 e. The van der Waals surface area contributed by atoms with Crippen LogP contribution >= 0.6 is 0 Å². The molecule has 1 N–H and O–H groups in total. The number of nitrogens with one attached hydrogen (secondary N) is 1. The van der Waals surface area contributed by atoms with E-state index in [1.807, 2.05) is 12.1 Å². The van der Waals surface area contributed by atoms with E-state index in [-0.39, 0.29) is 0 Å². The number of nitrogens with zero attached hydrogens (tertiary/aromatic N) is 3. The lowest BCUT2D eigenvalue weighted by Gasteiger charge is -2.30. The van der Waals surface area contributed by atoms with Gasteiger partial charge in [-0.1, -0.05) is 6.07 Å². The second kappa shape index (κ2) is 7.40. The molecule has 0 unspecified atom stereocenters. The van der Waals surface area contributed by atoms with E-state index in [0.717, 1.165) is 19.3 Å². The maximum absolute atomic E-state index is 13.1. The first-order valence-electron chi connectivity index (χ1n) is 9.91. The van der Waals surface area contributed by atoms with Gasteiger partial charge in [0.15, 0.2) is 12.3 Å². The van der Waals surface area contributed by atoms with Crippen molar-refractivity contribution in [1.29, 1.82) is 0 Å². The van der Waals surface area contributed by atoms with Gasteiger partial charge in [0.2, 0.25) is 10.0 Å². The zero-order valence-electron chi connectivity index (χ0n) is 16.0. The second-order valence-electron chi connectivity index (χ2n) is 7.59. The normalized spacial score (nSPS) is 18.2. The summed E-state index contributed by atoms with van der Waals surface area (Å²) < 4.78 is 38.6. The van der Waals surface area contributed by atoms with E-state index in [1.165, 1.54) is 16.0 Å². The van der Waals surface area contributed by atoms with Gasteiger partial charge in [-0.05, 0) is 54.7 Å². The number of aryl methyl sites for hydroxylation is 2. The van der Waals surface area contributed by atoms with E-state index in [2.05, 4.69) is 10.2 Å². The monoisotopic (exact) mass is 415 g/mol. The minimum Gasteiger partial charge on any atom is -0.459 e. The van der Waals surface area contributed by atoms with E-state index < -0.39 is 10.0 Å². The van der Waals surface area contributed by atoms with Crippen LogP contribution in [0.25, 0.3) is 11.7 Å². The summed E-state index contributed by atoms with van der Waals surface area (Å²) in [6, 6.07) is 9.14. The summed E-state index contributed by atoms with van der Waals surface area (Å²) in [5.74, 6) is 1.44. The molecule has 9 heteroatoms. The van der Waals surface area contributed by atoms with Gasteiger partial charge in [0.1, 0.15) is 0 Å². The van der Waals surface area contributed by atoms with Gasteiger partial charge in [-0.3, -0.25) is 0 Å². The van der Waals surface area contributed by atoms with Crippen molar-refractivity contribution in [2.45, 2.75) is 30.7 Å². The number of aromatic nitrogens is 2. The van der Waals surface area contributed by atoms with E-state index in [1.54, 1.807) is 28.8 Å². The van der Waals surface area contributed by atoms with Crippen molar-refractivity contribution in [1.82, 2.24) is 14.5 Å². The Morgan fingerprint density at radius 2 is 1.90 bits per heavy atom. The molecular weight excluding hydrogens is 392 g/mol. The summed E-state index contributed by atoms with van der Waals surface area (Å²) in [6.45, 7) is 2.92. The molecule has 3 heterocycles. The van der Waals surface area contributed by atoms with Crippen LogP contribution in [0.4, 0.5) is 0 Å². The van der Waals surface area contributed by atoms with Crippen LogP contribution in [0.15, 0.2) is 50.3 Å². The van der Waals surface area contributed by atoms with Crippen molar-refractivity contribution in [3.8, 4) is 11.7 Å². The highest BCUT2D eigenvalue weighted by molar-refractivity contribution is 7.89. The molecule has 0 bridgehead atoms. The van der Waals surface area contributed by atoms with Crippen LogP contribution < -0.4 is 4.90 Å². The van der Waals surface area contributed by atoms with Gasteiger partial charge in [-0.25, -0.2) is 8.42 Å². The van der Waals surface area contributed by atoms with Crippen LogP contribution in [0.1, 0.15) is 23.4 Å². The minimum absolute atomic E-state index is 0.363. The Bertz CT molecular complexity index is 1100. The van der Waals surface area contributed by atoms with Crippen LogP contribution in [-0.2, 0) is 29.4 Å². The molecule has 29 heavy (non-hydrogen) atoms. The summed E-state index contributed by atoms with van der Waals surface area (Å²) in [5, 5.41) is 8.10. The molecule has 1 fully saturated rings. The lowest BCUT2D eigenvalue weighted by atomic mass is 10.1. The third kappa shape index (κ3) is 3.61. The molecule has 1 aliphatic heterocycles. The summed E-state index contributed by atoms with van der Waals surface area (Å²) >= 11 is 0. The molecule has 5 rings (SSSR count). The van der Waals surface area contributed by atoms with Crippen LogP contribution in [-0.4, -0.2) is 49.1 Å². The molecule has 0 spiro atoms. The predicted octanol–water partition coefficient (Wildman–Crippen LogP) is 0.908. The first-order valence-corrected chi connectivity index (χ1v) is 11.4. The third-order valence-electron chi connectivity index (χ3n) is 5.74. The first kappa shape index (κ1) is 18.5. The summed E-state index contributed by atoms with van der Waals surface area (Å²) in [7, 11) is -3.45. The number of hydrogen-bond acceptors (Lipinski definition) is 6. The zero-order chi connectivity index (χ0) is 19.8. The van der Waals surface area contributed by atoms with Crippen molar-refractivity contribution >= 4 is 10.0 Å². The standard InChI is InChI=1S/C20H22N4O4S/c25-29(26,17-7-6-15-3-1-4-16(15)13-17)24-10-8-23(9-11-24)14-19-21-22-20(28-19)18-5-2-12-27-18/h2,5-7,12-13H,1,3-4,8-11,14H2/p+1. The SMILES string of the molecule is O=S(=O)(c1ccc2c(c1)CCC2)N1CC[NH+](Cc2nnc(-c3ccco3)o2)CC1. The van der Waals surface area contributed by atoms with Crippen LogP contribution in [0.5, 0.6) is 0 Å². The number of furan rings is 1. The average Bonchev–Trinajstić information content (AvgIpc) is 3.48. The van der Waals surface area contributed by atoms with Gasteiger partial charge in [-0.2, -0.15) is 4.31 Å². The summed E-state index contributed by atoms with van der Waals surface area (Å²) in [6.07, 6.45) is 4.69. The van der Waals surface area contributed by atoms with Crippen molar-refractivity contribution in [2.75, 3.05) is 26.2 Å². The van der Waals surface area contributed by atoms with Gasteiger partial charge < -0.3 is 13.7 Å². The Morgan fingerprint density at radius 3 is 2.69 bits per heavy atom. The van der Waals surface area contributed by atoms with Gasteiger partial charge in [0.05, 0.1) is 37.3 Å². The van der Waals surface area contributed by atoms with Gasteiger partial charge >= 0.3 is 0 Å². The molecule has 1 aliphatic carbocycles. The molecule has 1 aromatic carbocycles. The first-order chi connectivity index (χ1) is 14.1. The van der Waals surface area contributed by atoms with E-state index in [0.29, 0.717) is 55.2 Å². The Balaban J connectivity index is 1.22. The zero-order valence-corrected chi connectivity index (χ0v) is 16.8. The maximum atomic E-state index is 13.1. The van der Waals surface area contributed by atoms with Gasteiger partial charge in [0, 0.05) is 0 Å². The minimum atomic E-state index is -3.45. The molecule has 1 saturated heterocycles. The van der Waals surface area contributed by atoms with Crippen molar-refractivity contribution in [2.24, 2.45) is 0 Å². The molecule has 0 amide bonds. The van der Waals surface area contributed by atoms with E-state index in [4.69, 9.17) is 8.83 Å². The fourth-order valence-electron chi connectivity index (χ4n) is 4.12. The fourth-order valence-corrected chi connectivity index (χ4v) is 5.61. The summed E-state index contributed by atoms with van der Waals surface area (Å²) in [5.41, 5.74) is 2.46. The van der Waals surface area contributed by atoms with Crippen molar-refractivity contribution < 1.29 is 22.2 Å². The molecule has 3 aromatic rings.